The van der Waals surface area contributed by atoms with Crippen molar-refractivity contribution in [2.45, 2.75) is 18.2 Å². The van der Waals surface area contributed by atoms with E-state index in [0.29, 0.717) is 17.7 Å². The molecular formula is C15H16FNO3S. The molecule has 2 aromatic carbocycles. The van der Waals surface area contributed by atoms with Gasteiger partial charge < -0.3 is 4.74 Å². The van der Waals surface area contributed by atoms with Crippen molar-refractivity contribution in [1.29, 1.82) is 0 Å². The minimum atomic E-state index is -3.78. The fourth-order valence-electron chi connectivity index (χ4n) is 1.88. The maximum atomic E-state index is 13.7. The van der Waals surface area contributed by atoms with E-state index in [2.05, 4.69) is 4.72 Å². The van der Waals surface area contributed by atoms with Gasteiger partial charge >= 0.3 is 0 Å². The Morgan fingerprint density at radius 3 is 2.57 bits per heavy atom. The third-order valence-corrected chi connectivity index (χ3v) is 4.42. The van der Waals surface area contributed by atoms with E-state index in [1.165, 1.54) is 25.3 Å². The standard InChI is InChI=1S/C15H16FNO3S/c1-3-11-7-8-12(9-15(11)16)17-21(18,19)14-6-4-5-13(10-14)20-2/h4-10,17H,3H2,1-2H3. The van der Waals surface area contributed by atoms with Crippen LogP contribution in [0.25, 0.3) is 0 Å². The van der Waals surface area contributed by atoms with Crippen molar-refractivity contribution in [2.24, 2.45) is 0 Å². The molecule has 0 radical (unpaired) electrons. The summed E-state index contributed by atoms with van der Waals surface area (Å²) in [6.45, 7) is 1.83. The number of methoxy groups -OCH3 is 1. The molecule has 2 rings (SSSR count). The Bertz CT molecular complexity index is 744. The summed E-state index contributed by atoms with van der Waals surface area (Å²) in [6.07, 6.45) is 0.550. The number of benzene rings is 2. The number of rotatable bonds is 5. The molecule has 0 saturated carbocycles. The summed E-state index contributed by atoms with van der Waals surface area (Å²) >= 11 is 0. The highest BCUT2D eigenvalue weighted by Gasteiger charge is 2.15. The molecule has 0 amide bonds. The van der Waals surface area contributed by atoms with Gasteiger partial charge in [-0.1, -0.05) is 19.1 Å². The maximum absolute atomic E-state index is 13.7. The van der Waals surface area contributed by atoms with Crippen molar-refractivity contribution in [3.63, 3.8) is 0 Å². The predicted octanol–water partition coefficient (Wildman–Crippen LogP) is 3.20. The molecule has 0 bridgehead atoms. The minimum absolute atomic E-state index is 0.0572. The van der Waals surface area contributed by atoms with E-state index >= 15 is 0 Å². The van der Waals surface area contributed by atoms with Crippen LogP contribution in [0, 0.1) is 5.82 Å². The smallest absolute Gasteiger partial charge is 0.262 e. The minimum Gasteiger partial charge on any atom is -0.497 e. The van der Waals surface area contributed by atoms with Gasteiger partial charge in [0.2, 0.25) is 0 Å². The molecule has 0 atom stereocenters. The lowest BCUT2D eigenvalue weighted by atomic mass is 10.1. The summed E-state index contributed by atoms with van der Waals surface area (Å²) in [4.78, 5) is 0.0572. The molecule has 21 heavy (non-hydrogen) atoms. The number of halogens is 1. The molecule has 0 fully saturated rings. The summed E-state index contributed by atoms with van der Waals surface area (Å²) in [5.41, 5.74) is 0.729. The zero-order chi connectivity index (χ0) is 15.5. The van der Waals surface area contributed by atoms with Gasteiger partial charge in [-0.25, -0.2) is 12.8 Å². The van der Waals surface area contributed by atoms with Gasteiger partial charge in [0.15, 0.2) is 0 Å². The highest BCUT2D eigenvalue weighted by molar-refractivity contribution is 7.92. The molecule has 0 aliphatic carbocycles. The van der Waals surface area contributed by atoms with Gasteiger partial charge in [0.1, 0.15) is 11.6 Å². The third kappa shape index (κ3) is 3.52. The summed E-state index contributed by atoms with van der Waals surface area (Å²) < 4.78 is 45.5. The van der Waals surface area contributed by atoms with Crippen molar-refractivity contribution < 1.29 is 17.5 Å². The van der Waals surface area contributed by atoms with Crippen molar-refractivity contribution in [3.8, 4) is 5.75 Å². The first-order valence-electron chi connectivity index (χ1n) is 6.41. The van der Waals surface area contributed by atoms with E-state index < -0.39 is 15.8 Å². The molecule has 1 N–H and O–H groups in total. The summed E-state index contributed by atoms with van der Waals surface area (Å²) in [6, 6.07) is 10.4. The molecule has 2 aromatic rings. The Hall–Kier alpha value is -2.08. The van der Waals surface area contributed by atoms with Crippen LogP contribution in [0.5, 0.6) is 5.75 Å². The number of hydrogen-bond acceptors (Lipinski definition) is 3. The first-order valence-corrected chi connectivity index (χ1v) is 7.90. The van der Waals surface area contributed by atoms with Crippen LogP contribution in [-0.2, 0) is 16.4 Å². The summed E-state index contributed by atoms with van der Waals surface area (Å²) in [5.74, 6) is 0.00808. The SMILES string of the molecule is CCc1ccc(NS(=O)(=O)c2cccc(OC)c2)cc1F. The van der Waals surface area contributed by atoms with Crippen molar-refractivity contribution in [3.05, 3.63) is 53.8 Å². The fraction of sp³-hybridized carbons (Fsp3) is 0.200. The van der Waals surface area contributed by atoms with E-state index in [9.17, 15) is 12.8 Å². The largest absolute Gasteiger partial charge is 0.497 e. The molecule has 0 saturated heterocycles. The average Bonchev–Trinajstić information content (AvgIpc) is 2.47. The molecule has 0 spiro atoms. The zero-order valence-corrected chi connectivity index (χ0v) is 12.6. The monoisotopic (exact) mass is 309 g/mol. The molecule has 0 aliphatic heterocycles. The van der Waals surface area contributed by atoms with Crippen molar-refractivity contribution >= 4 is 15.7 Å². The second kappa shape index (κ2) is 6.13. The Morgan fingerprint density at radius 2 is 1.95 bits per heavy atom. The molecule has 0 unspecified atom stereocenters. The Labute approximate surface area is 123 Å². The molecule has 112 valence electrons. The quantitative estimate of drug-likeness (QED) is 0.923. The average molecular weight is 309 g/mol. The molecule has 4 nitrogen and oxygen atoms in total. The van der Waals surface area contributed by atoms with Crippen LogP contribution in [0.15, 0.2) is 47.4 Å². The van der Waals surface area contributed by atoms with Gasteiger partial charge in [0.25, 0.3) is 10.0 Å². The van der Waals surface area contributed by atoms with Gasteiger partial charge in [-0.05, 0) is 36.2 Å². The second-order valence-electron chi connectivity index (χ2n) is 4.44. The number of hydrogen-bond donors (Lipinski definition) is 1. The molecule has 0 aliphatic rings. The van der Waals surface area contributed by atoms with Crippen LogP contribution in [0.4, 0.5) is 10.1 Å². The van der Waals surface area contributed by atoms with E-state index in [4.69, 9.17) is 4.74 Å². The maximum Gasteiger partial charge on any atom is 0.262 e. The van der Waals surface area contributed by atoms with Gasteiger partial charge in [-0.3, -0.25) is 4.72 Å². The summed E-state index contributed by atoms with van der Waals surface area (Å²) in [5, 5.41) is 0. The van der Waals surface area contributed by atoms with E-state index in [-0.39, 0.29) is 10.6 Å². The fourth-order valence-corrected chi connectivity index (χ4v) is 2.96. The topological polar surface area (TPSA) is 55.4 Å². The number of ether oxygens (including phenoxy) is 1. The van der Waals surface area contributed by atoms with E-state index in [0.717, 1.165) is 0 Å². The lowest BCUT2D eigenvalue weighted by molar-refractivity contribution is 0.413. The lowest BCUT2D eigenvalue weighted by Crippen LogP contribution is -2.13. The Balaban J connectivity index is 2.30. The molecule has 0 aromatic heterocycles. The number of aryl methyl sites for hydroxylation is 1. The summed E-state index contributed by atoms with van der Waals surface area (Å²) in [7, 11) is -2.32. The highest BCUT2D eigenvalue weighted by atomic mass is 32.2. The third-order valence-electron chi connectivity index (χ3n) is 3.04. The highest BCUT2D eigenvalue weighted by Crippen LogP contribution is 2.21. The normalized spacial score (nSPS) is 11.2. The first-order chi connectivity index (χ1) is 9.96. The van der Waals surface area contributed by atoms with Crippen LogP contribution in [0.3, 0.4) is 0 Å². The lowest BCUT2D eigenvalue weighted by Gasteiger charge is -2.10. The molecule has 0 heterocycles. The zero-order valence-electron chi connectivity index (χ0n) is 11.8. The Morgan fingerprint density at radius 1 is 1.19 bits per heavy atom. The van der Waals surface area contributed by atoms with Gasteiger partial charge in [-0.15, -0.1) is 0 Å². The predicted molar refractivity (Wildman–Crippen MR) is 79.6 cm³/mol. The van der Waals surface area contributed by atoms with Crippen LogP contribution in [0.2, 0.25) is 0 Å². The van der Waals surface area contributed by atoms with Gasteiger partial charge in [0.05, 0.1) is 17.7 Å². The number of anilines is 1. The van der Waals surface area contributed by atoms with Crippen LogP contribution < -0.4 is 9.46 Å². The molecule has 6 heteroatoms. The van der Waals surface area contributed by atoms with Crippen molar-refractivity contribution in [2.75, 3.05) is 11.8 Å². The Kier molecular flexibility index (Phi) is 4.47. The van der Waals surface area contributed by atoms with Crippen LogP contribution >= 0.6 is 0 Å². The van der Waals surface area contributed by atoms with Crippen LogP contribution in [0.1, 0.15) is 12.5 Å². The first kappa shape index (κ1) is 15.3. The number of nitrogens with one attached hydrogen (secondary N) is 1. The van der Waals surface area contributed by atoms with E-state index in [1.54, 1.807) is 24.3 Å². The number of sulfonamides is 1. The molecular weight excluding hydrogens is 293 g/mol. The van der Waals surface area contributed by atoms with E-state index in [1.807, 2.05) is 6.92 Å². The van der Waals surface area contributed by atoms with Crippen LogP contribution in [-0.4, -0.2) is 15.5 Å². The van der Waals surface area contributed by atoms with Gasteiger partial charge in [-0.2, -0.15) is 0 Å². The van der Waals surface area contributed by atoms with Gasteiger partial charge in [0, 0.05) is 6.07 Å². The second-order valence-corrected chi connectivity index (χ2v) is 6.13. The van der Waals surface area contributed by atoms with Crippen molar-refractivity contribution in [1.82, 2.24) is 0 Å².